The number of para-hydroxylation sites is 1. The van der Waals surface area contributed by atoms with Crippen LogP contribution in [0.2, 0.25) is 5.02 Å². The number of esters is 1. The Kier molecular flexibility index (Phi) is 5.90. The summed E-state index contributed by atoms with van der Waals surface area (Å²) in [6.07, 6.45) is -0.740. The van der Waals surface area contributed by atoms with E-state index in [0.29, 0.717) is 34.1 Å². The monoisotopic (exact) mass is 363 g/mol. The van der Waals surface area contributed by atoms with Gasteiger partial charge in [0.25, 0.3) is 0 Å². The maximum absolute atomic E-state index is 13.0. The van der Waals surface area contributed by atoms with E-state index < -0.39 is 12.1 Å². The molecule has 0 aliphatic carbocycles. The van der Waals surface area contributed by atoms with E-state index in [9.17, 15) is 9.59 Å². The van der Waals surface area contributed by atoms with Crippen molar-refractivity contribution in [1.82, 2.24) is 4.57 Å². The van der Waals surface area contributed by atoms with E-state index in [1.807, 2.05) is 13.8 Å². The van der Waals surface area contributed by atoms with Crippen molar-refractivity contribution in [2.75, 3.05) is 7.11 Å². The summed E-state index contributed by atoms with van der Waals surface area (Å²) >= 11 is 6.09. The van der Waals surface area contributed by atoms with Gasteiger partial charge in [0, 0.05) is 17.8 Å². The topological polar surface area (TPSA) is 57.5 Å². The Morgan fingerprint density at radius 2 is 1.88 bits per heavy atom. The molecule has 0 radical (unpaired) electrons. The SMILES string of the molecule is CCn1c(C)c(C(=O)[C@H](C)Oc2ccccc2Cl)c(C)c1C(=O)OC. The summed E-state index contributed by atoms with van der Waals surface area (Å²) in [5.41, 5.74) is 2.21. The van der Waals surface area contributed by atoms with Crippen LogP contribution in [0, 0.1) is 13.8 Å². The van der Waals surface area contributed by atoms with Gasteiger partial charge in [0.05, 0.1) is 12.1 Å². The van der Waals surface area contributed by atoms with Crippen molar-refractivity contribution in [2.45, 2.75) is 40.3 Å². The Balaban J connectivity index is 2.40. The molecule has 0 aliphatic heterocycles. The molecule has 134 valence electrons. The van der Waals surface area contributed by atoms with E-state index in [4.69, 9.17) is 21.1 Å². The summed E-state index contributed by atoms with van der Waals surface area (Å²) in [6.45, 7) is 7.71. The van der Waals surface area contributed by atoms with E-state index >= 15 is 0 Å². The van der Waals surface area contributed by atoms with Gasteiger partial charge in [0.2, 0.25) is 5.78 Å². The van der Waals surface area contributed by atoms with E-state index in [1.165, 1.54) is 7.11 Å². The molecule has 0 N–H and O–H groups in total. The third-order valence-corrected chi connectivity index (χ3v) is 4.53. The molecule has 0 fully saturated rings. The third-order valence-electron chi connectivity index (χ3n) is 4.22. The predicted molar refractivity (Wildman–Crippen MR) is 96.8 cm³/mol. The minimum absolute atomic E-state index is 0.202. The van der Waals surface area contributed by atoms with Crippen LogP contribution < -0.4 is 4.74 Å². The summed E-state index contributed by atoms with van der Waals surface area (Å²) in [5, 5.41) is 0.442. The number of Topliss-reactive ketones (excluding diaryl/α,β-unsaturated/α-hetero) is 1. The van der Waals surface area contributed by atoms with Gasteiger partial charge in [-0.2, -0.15) is 0 Å². The molecule has 0 saturated heterocycles. The zero-order valence-corrected chi connectivity index (χ0v) is 15.8. The first kappa shape index (κ1) is 19.1. The van der Waals surface area contributed by atoms with Crippen LogP contribution in [0.3, 0.4) is 0 Å². The van der Waals surface area contributed by atoms with Crippen LogP contribution in [0.5, 0.6) is 5.75 Å². The Morgan fingerprint density at radius 3 is 2.44 bits per heavy atom. The fourth-order valence-electron chi connectivity index (χ4n) is 3.00. The number of ketones is 1. The molecule has 1 heterocycles. The fourth-order valence-corrected chi connectivity index (χ4v) is 3.18. The summed E-state index contributed by atoms with van der Waals surface area (Å²) in [7, 11) is 1.33. The maximum Gasteiger partial charge on any atom is 0.354 e. The molecule has 1 aromatic carbocycles. The van der Waals surface area contributed by atoms with Gasteiger partial charge >= 0.3 is 5.97 Å². The molecular formula is C19H22ClNO4. The van der Waals surface area contributed by atoms with Crippen LogP contribution >= 0.6 is 11.6 Å². The van der Waals surface area contributed by atoms with E-state index in [1.54, 1.807) is 42.7 Å². The number of hydrogen-bond acceptors (Lipinski definition) is 4. The molecule has 1 aromatic heterocycles. The molecule has 25 heavy (non-hydrogen) atoms. The Hall–Kier alpha value is -2.27. The summed E-state index contributed by atoms with van der Waals surface area (Å²) in [4.78, 5) is 25.1. The van der Waals surface area contributed by atoms with Crippen LogP contribution in [0.4, 0.5) is 0 Å². The smallest absolute Gasteiger partial charge is 0.354 e. The number of halogens is 1. The van der Waals surface area contributed by atoms with Gasteiger partial charge in [-0.05, 0) is 45.4 Å². The summed E-state index contributed by atoms with van der Waals surface area (Å²) < 4.78 is 12.4. The summed E-state index contributed by atoms with van der Waals surface area (Å²) in [6, 6.07) is 6.99. The quantitative estimate of drug-likeness (QED) is 0.569. The van der Waals surface area contributed by atoms with Crippen LogP contribution in [0.1, 0.15) is 46.0 Å². The average Bonchev–Trinajstić information content (AvgIpc) is 2.85. The lowest BCUT2D eigenvalue weighted by Crippen LogP contribution is -2.25. The number of ether oxygens (including phenoxy) is 2. The Labute approximate surface area is 152 Å². The van der Waals surface area contributed by atoms with Crippen molar-refractivity contribution >= 4 is 23.4 Å². The number of hydrogen-bond donors (Lipinski definition) is 0. The maximum atomic E-state index is 13.0. The van der Waals surface area contributed by atoms with E-state index in [2.05, 4.69) is 0 Å². The van der Waals surface area contributed by atoms with Gasteiger partial charge in [0.1, 0.15) is 11.4 Å². The highest BCUT2D eigenvalue weighted by Crippen LogP contribution is 2.28. The largest absolute Gasteiger partial charge is 0.481 e. The second-order valence-electron chi connectivity index (χ2n) is 5.72. The molecule has 6 heteroatoms. The lowest BCUT2D eigenvalue weighted by Gasteiger charge is -2.15. The highest BCUT2D eigenvalue weighted by molar-refractivity contribution is 6.32. The van der Waals surface area contributed by atoms with Crippen molar-refractivity contribution < 1.29 is 19.1 Å². The van der Waals surface area contributed by atoms with Crippen molar-refractivity contribution in [3.63, 3.8) is 0 Å². The molecule has 0 aliphatic rings. The van der Waals surface area contributed by atoms with Crippen molar-refractivity contribution in [1.29, 1.82) is 0 Å². The van der Waals surface area contributed by atoms with Crippen LogP contribution in [0.15, 0.2) is 24.3 Å². The predicted octanol–water partition coefficient (Wildman–Crippen LogP) is 4.22. The van der Waals surface area contributed by atoms with Gasteiger partial charge in [0.15, 0.2) is 6.10 Å². The molecule has 2 aromatic rings. The number of methoxy groups -OCH3 is 1. The molecule has 0 bridgehead atoms. The van der Waals surface area contributed by atoms with E-state index in [-0.39, 0.29) is 5.78 Å². The standard InChI is InChI=1S/C19H22ClNO4/c1-6-21-12(3)16(11(2)17(21)19(23)24-5)18(22)13(4)25-15-10-8-7-9-14(15)20/h7-10,13H,6H2,1-5H3/t13-/m0/s1. The number of nitrogens with zero attached hydrogens (tertiary/aromatic N) is 1. The van der Waals surface area contributed by atoms with Gasteiger partial charge in [-0.15, -0.1) is 0 Å². The molecule has 0 spiro atoms. The number of benzene rings is 1. The number of rotatable bonds is 6. The second kappa shape index (κ2) is 7.74. The van der Waals surface area contributed by atoms with Crippen molar-refractivity contribution in [3.05, 3.63) is 51.8 Å². The zero-order valence-electron chi connectivity index (χ0n) is 15.1. The molecular weight excluding hydrogens is 342 g/mol. The van der Waals surface area contributed by atoms with Crippen molar-refractivity contribution in [2.24, 2.45) is 0 Å². The van der Waals surface area contributed by atoms with Crippen LogP contribution in [0.25, 0.3) is 0 Å². The molecule has 0 unspecified atom stereocenters. The van der Waals surface area contributed by atoms with Gasteiger partial charge in [-0.25, -0.2) is 4.79 Å². The van der Waals surface area contributed by atoms with Gasteiger partial charge in [-0.1, -0.05) is 23.7 Å². The van der Waals surface area contributed by atoms with E-state index in [0.717, 1.165) is 5.69 Å². The molecule has 5 nitrogen and oxygen atoms in total. The Bertz CT molecular complexity index is 810. The lowest BCUT2D eigenvalue weighted by atomic mass is 10.0. The minimum atomic E-state index is -0.740. The normalized spacial score (nSPS) is 11.9. The summed E-state index contributed by atoms with van der Waals surface area (Å²) in [5.74, 6) is -0.211. The molecule has 2 rings (SSSR count). The number of carbonyl (C=O) groups excluding carboxylic acids is 2. The number of carbonyl (C=O) groups is 2. The van der Waals surface area contributed by atoms with Crippen LogP contribution in [-0.2, 0) is 11.3 Å². The first-order valence-corrected chi connectivity index (χ1v) is 8.44. The molecule has 1 atom stereocenters. The van der Waals surface area contributed by atoms with Crippen LogP contribution in [-0.4, -0.2) is 29.5 Å². The minimum Gasteiger partial charge on any atom is -0.481 e. The molecule has 0 saturated carbocycles. The zero-order chi connectivity index (χ0) is 18.7. The number of aromatic nitrogens is 1. The van der Waals surface area contributed by atoms with Gasteiger partial charge < -0.3 is 14.0 Å². The lowest BCUT2D eigenvalue weighted by molar-refractivity contribution is 0.0587. The average molecular weight is 364 g/mol. The van der Waals surface area contributed by atoms with Crippen molar-refractivity contribution in [3.8, 4) is 5.75 Å². The highest BCUT2D eigenvalue weighted by atomic mass is 35.5. The van der Waals surface area contributed by atoms with Gasteiger partial charge in [-0.3, -0.25) is 4.79 Å². The third kappa shape index (κ3) is 3.56. The second-order valence-corrected chi connectivity index (χ2v) is 6.13. The molecule has 0 amide bonds. The first-order chi connectivity index (χ1) is 11.8. The first-order valence-electron chi connectivity index (χ1n) is 8.06. The fraction of sp³-hybridized carbons (Fsp3) is 0.368. The highest BCUT2D eigenvalue weighted by Gasteiger charge is 2.29. The Morgan fingerprint density at radius 1 is 1.24 bits per heavy atom.